The first-order chi connectivity index (χ1) is 10.1. The van der Waals surface area contributed by atoms with Gasteiger partial charge in [-0.1, -0.05) is 36.4 Å². The number of benzene rings is 2. The van der Waals surface area contributed by atoms with Crippen LogP contribution < -0.4 is 0 Å². The summed E-state index contributed by atoms with van der Waals surface area (Å²) >= 11 is 0. The van der Waals surface area contributed by atoms with Crippen molar-refractivity contribution in [2.75, 3.05) is 6.54 Å². The maximum absolute atomic E-state index is 11.3. The maximum Gasteiger partial charge on any atom is 0.308 e. The van der Waals surface area contributed by atoms with Crippen molar-refractivity contribution in [1.82, 2.24) is 4.90 Å². The minimum Gasteiger partial charge on any atom is -0.481 e. The molecule has 0 amide bonds. The van der Waals surface area contributed by atoms with Crippen molar-refractivity contribution in [2.24, 2.45) is 5.92 Å². The number of aliphatic carboxylic acids is 1. The van der Waals surface area contributed by atoms with Crippen LogP contribution in [0.4, 0.5) is 0 Å². The molecule has 21 heavy (non-hydrogen) atoms. The van der Waals surface area contributed by atoms with Crippen molar-refractivity contribution in [3.63, 3.8) is 0 Å². The number of carbonyl (C=O) groups is 1. The predicted molar refractivity (Wildman–Crippen MR) is 84.3 cm³/mol. The van der Waals surface area contributed by atoms with Gasteiger partial charge in [-0.15, -0.1) is 0 Å². The summed E-state index contributed by atoms with van der Waals surface area (Å²) in [7, 11) is 0. The van der Waals surface area contributed by atoms with Gasteiger partial charge in [-0.3, -0.25) is 9.69 Å². The van der Waals surface area contributed by atoms with Crippen LogP contribution >= 0.6 is 0 Å². The Hall–Kier alpha value is -1.87. The molecule has 1 N–H and O–H groups in total. The van der Waals surface area contributed by atoms with Gasteiger partial charge in [-0.2, -0.15) is 0 Å². The van der Waals surface area contributed by atoms with Gasteiger partial charge in [0.15, 0.2) is 0 Å². The molecule has 0 radical (unpaired) electrons. The van der Waals surface area contributed by atoms with E-state index >= 15 is 0 Å². The summed E-state index contributed by atoms with van der Waals surface area (Å²) < 4.78 is 0. The molecular formula is C18H21NO2. The molecule has 1 saturated heterocycles. The molecule has 2 aromatic carbocycles. The summed E-state index contributed by atoms with van der Waals surface area (Å²) in [5, 5.41) is 11.7. The summed E-state index contributed by atoms with van der Waals surface area (Å²) in [6, 6.07) is 15.2. The van der Waals surface area contributed by atoms with E-state index in [0.717, 1.165) is 13.0 Å². The van der Waals surface area contributed by atoms with Gasteiger partial charge in [-0.25, -0.2) is 0 Å². The smallest absolute Gasteiger partial charge is 0.308 e. The second-order valence-corrected chi connectivity index (χ2v) is 5.99. The Balaban J connectivity index is 1.87. The first-order valence-corrected chi connectivity index (χ1v) is 7.55. The largest absolute Gasteiger partial charge is 0.481 e. The van der Waals surface area contributed by atoms with Gasteiger partial charge < -0.3 is 5.11 Å². The maximum atomic E-state index is 11.3. The molecular weight excluding hydrogens is 262 g/mol. The number of likely N-dealkylation sites (tertiary alicyclic amines) is 1. The molecule has 1 fully saturated rings. The fraction of sp³-hybridized carbons (Fsp3) is 0.389. The topological polar surface area (TPSA) is 40.5 Å². The highest BCUT2D eigenvalue weighted by Crippen LogP contribution is 2.33. The Morgan fingerprint density at radius 2 is 1.95 bits per heavy atom. The van der Waals surface area contributed by atoms with Crippen LogP contribution in [0.15, 0.2) is 42.5 Å². The van der Waals surface area contributed by atoms with Gasteiger partial charge in [0.1, 0.15) is 0 Å². The average Bonchev–Trinajstić information content (AvgIpc) is 2.88. The lowest BCUT2D eigenvalue weighted by Crippen LogP contribution is -2.34. The normalized spacial score (nSPS) is 24.3. The molecule has 0 saturated carbocycles. The van der Waals surface area contributed by atoms with Crippen molar-refractivity contribution < 1.29 is 9.90 Å². The summed E-state index contributed by atoms with van der Waals surface area (Å²) in [4.78, 5) is 13.6. The van der Waals surface area contributed by atoms with Gasteiger partial charge in [0.2, 0.25) is 0 Å². The number of fused-ring (bicyclic) bond motifs is 1. The van der Waals surface area contributed by atoms with E-state index in [9.17, 15) is 9.90 Å². The third kappa shape index (κ3) is 2.54. The van der Waals surface area contributed by atoms with E-state index in [1.165, 1.54) is 16.3 Å². The zero-order chi connectivity index (χ0) is 15.0. The SMILES string of the molecule is CC(c1ccc2ccccc2c1)N1CCC(C(=O)O)C1C. The zero-order valence-electron chi connectivity index (χ0n) is 12.5. The molecule has 3 atom stereocenters. The van der Waals surface area contributed by atoms with Crippen LogP contribution in [-0.4, -0.2) is 28.6 Å². The van der Waals surface area contributed by atoms with Crippen molar-refractivity contribution in [2.45, 2.75) is 32.4 Å². The Labute approximate surface area is 125 Å². The van der Waals surface area contributed by atoms with Crippen LogP contribution in [0.2, 0.25) is 0 Å². The summed E-state index contributed by atoms with van der Waals surface area (Å²) in [5.74, 6) is -0.913. The molecule has 3 heteroatoms. The van der Waals surface area contributed by atoms with Crippen LogP contribution in [-0.2, 0) is 4.79 Å². The van der Waals surface area contributed by atoms with Crippen LogP contribution in [0.1, 0.15) is 31.9 Å². The van der Waals surface area contributed by atoms with E-state index in [4.69, 9.17) is 0 Å². The molecule has 1 heterocycles. The molecule has 3 unspecified atom stereocenters. The molecule has 0 aliphatic carbocycles. The summed E-state index contributed by atoms with van der Waals surface area (Å²) in [6.45, 7) is 5.06. The number of rotatable bonds is 3. The van der Waals surface area contributed by atoms with Crippen molar-refractivity contribution in [3.05, 3.63) is 48.0 Å². The third-order valence-corrected chi connectivity index (χ3v) is 4.87. The molecule has 0 aromatic heterocycles. The van der Waals surface area contributed by atoms with Crippen LogP contribution in [0.5, 0.6) is 0 Å². The minimum atomic E-state index is -0.671. The average molecular weight is 283 g/mol. The van der Waals surface area contributed by atoms with E-state index in [1.54, 1.807) is 0 Å². The Kier molecular flexibility index (Phi) is 3.68. The van der Waals surface area contributed by atoms with Crippen LogP contribution in [0.25, 0.3) is 10.8 Å². The second kappa shape index (κ2) is 5.49. The highest BCUT2D eigenvalue weighted by molar-refractivity contribution is 5.83. The lowest BCUT2D eigenvalue weighted by atomic mass is 9.99. The standard InChI is InChI=1S/C18H21NO2/c1-12(19-10-9-17(13(19)2)18(20)21)15-8-7-14-5-3-4-6-16(14)11-15/h3-8,11-13,17H,9-10H2,1-2H3,(H,20,21). The van der Waals surface area contributed by atoms with Gasteiger partial charge >= 0.3 is 5.97 Å². The van der Waals surface area contributed by atoms with E-state index < -0.39 is 5.97 Å². The number of carboxylic acids is 1. The first kappa shape index (κ1) is 14.1. The zero-order valence-corrected chi connectivity index (χ0v) is 12.5. The van der Waals surface area contributed by atoms with Gasteiger partial charge in [0.25, 0.3) is 0 Å². The lowest BCUT2D eigenvalue weighted by Gasteiger charge is -2.30. The number of hydrogen-bond donors (Lipinski definition) is 1. The fourth-order valence-electron chi connectivity index (χ4n) is 3.50. The van der Waals surface area contributed by atoms with Crippen molar-refractivity contribution >= 4 is 16.7 Å². The molecule has 1 aliphatic rings. The Morgan fingerprint density at radius 1 is 1.24 bits per heavy atom. The molecule has 0 spiro atoms. The molecule has 3 nitrogen and oxygen atoms in total. The van der Waals surface area contributed by atoms with Crippen molar-refractivity contribution in [3.8, 4) is 0 Å². The van der Waals surface area contributed by atoms with Gasteiger partial charge in [0.05, 0.1) is 5.92 Å². The van der Waals surface area contributed by atoms with E-state index in [-0.39, 0.29) is 18.0 Å². The van der Waals surface area contributed by atoms with Gasteiger partial charge in [-0.05, 0) is 49.2 Å². The third-order valence-electron chi connectivity index (χ3n) is 4.87. The highest BCUT2D eigenvalue weighted by atomic mass is 16.4. The molecule has 1 aliphatic heterocycles. The molecule has 2 aromatic rings. The fourth-order valence-corrected chi connectivity index (χ4v) is 3.50. The quantitative estimate of drug-likeness (QED) is 0.933. The molecule has 110 valence electrons. The van der Waals surface area contributed by atoms with E-state index in [0.29, 0.717) is 0 Å². The Bertz CT molecular complexity index is 667. The van der Waals surface area contributed by atoms with E-state index in [1.807, 2.05) is 13.0 Å². The van der Waals surface area contributed by atoms with Crippen molar-refractivity contribution in [1.29, 1.82) is 0 Å². The number of hydrogen-bond acceptors (Lipinski definition) is 2. The van der Waals surface area contributed by atoms with Crippen LogP contribution in [0.3, 0.4) is 0 Å². The first-order valence-electron chi connectivity index (χ1n) is 7.55. The molecule has 0 bridgehead atoms. The lowest BCUT2D eigenvalue weighted by molar-refractivity contribution is -0.142. The van der Waals surface area contributed by atoms with E-state index in [2.05, 4.69) is 48.2 Å². The second-order valence-electron chi connectivity index (χ2n) is 5.99. The summed E-state index contributed by atoms with van der Waals surface area (Å²) in [6.07, 6.45) is 0.744. The number of nitrogens with zero attached hydrogens (tertiary/aromatic N) is 1. The van der Waals surface area contributed by atoms with Gasteiger partial charge in [0, 0.05) is 12.1 Å². The predicted octanol–water partition coefficient (Wildman–Crippen LogP) is 3.70. The number of carboxylic acid groups (broad SMARTS) is 1. The van der Waals surface area contributed by atoms with Crippen LogP contribution in [0, 0.1) is 5.92 Å². The monoisotopic (exact) mass is 283 g/mol. The Morgan fingerprint density at radius 3 is 2.62 bits per heavy atom. The summed E-state index contributed by atoms with van der Waals surface area (Å²) in [5.41, 5.74) is 1.26. The highest BCUT2D eigenvalue weighted by Gasteiger charge is 2.37. The minimum absolute atomic E-state index is 0.0870. The molecule has 3 rings (SSSR count).